The molecule has 2 atom stereocenters. The summed E-state index contributed by atoms with van der Waals surface area (Å²) in [7, 11) is 0. The number of nitrogens with zero attached hydrogens (tertiary/aromatic N) is 3. The third-order valence-corrected chi connectivity index (χ3v) is 4.76. The van der Waals surface area contributed by atoms with Crippen LogP contribution in [0.1, 0.15) is 51.9 Å². The number of amides is 2. The standard InChI is InChI=1S/C16H19BrN6O2/c1-8-19-7-13(20-8)15(24)22-11-4-3-5-12(11)23-16(25)14-10(17)6-18-9(2)21-14/h6-7,11-12H,3-5H2,1-2H3,(H,19,20)(H,22,24)(H,23,25)/t11-,12+/m1/s1. The van der Waals surface area contributed by atoms with Crippen LogP contribution in [0.3, 0.4) is 0 Å². The predicted molar refractivity (Wildman–Crippen MR) is 94.2 cm³/mol. The number of rotatable bonds is 4. The summed E-state index contributed by atoms with van der Waals surface area (Å²) in [6.07, 6.45) is 5.62. The second kappa shape index (κ2) is 7.30. The van der Waals surface area contributed by atoms with E-state index >= 15 is 0 Å². The van der Waals surface area contributed by atoms with Crippen molar-refractivity contribution in [3.05, 3.63) is 39.9 Å². The van der Waals surface area contributed by atoms with Crippen molar-refractivity contribution >= 4 is 27.7 Å². The molecule has 2 heterocycles. The van der Waals surface area contributed by atoms with Crippen molar-refractivity contribution in [2.75, 3.05) is 0 Å². The van der Waals surface area contributed by atoms with Crippen LogP contribution in [0.15, 0.2) is 16.9 Å². The van der Waals surface area contributed by atoms with E-state index < -0.39 is 0 Å². The second-order valence-corrected chi connectivity index (χ2v) is 6.94. The van der Waals surface area contributed by atoms with Gasteiger partial charge < -0.3 is 15.6 Å². The Morgan fingerprint density at radius 1 is 1.12 bits per heavy atom. The van der Waals surface area contributed by atoms with Crippen LogP contribution in [0.4, 0.5) is 0 Å². The Morgan fingerprint density at radius 2 is 1.80 bits per heavy atom. The summed E-state index contributed by atoms with van der Waals surface area (Å²) in [4.78, 5) is 40.0. The van der Waals surface area contributed by atoms with Gasteiger partial charge in [-0.25, -0.2) is 15.0 Å². The maximum Gasteiger partial charge on any atom is 0.271 e. The molecule has 25 heavy (non-hydrogen) atoms. The highest BCUT2D eigenvalue weighted by Gasteiger charge is 2.31. The van der Waals surface area contributed by atoms with Gasteiger partial charge in [-0.05, 0) is 49.0 Å². The molecule has 0 bridgehead atoms. The van der Waals surface area contributed by atoms with Gasteiger partial charge in [0.25, 0.3) is 11.8 Å². The van der Waals surface area contributed by atoms with Gasteiger partial charge in [0, 0.05) is 18.3 Å². The number of aromatic nitrogens is 4. The molecule has 132 valence electrons. The molecule has 0 unspecified atom stereocenters. The summed E-state index contributed by atoms with van der Waals surface area (Å²) in [6, 6.07) is -0.260. The summed E-state index contributed by atoms with van der Waals surface area (Å²) in [5, 5.41) is 5.95. The number of aromatic amines is 1. The van der Waals surface area contributed by atoms with Gasteiger partial charge in [-0.15, -0.1) is 0 Å². The zero-order valence-electron chi connectivity index (χ0n) is 14.0. The smallest absolute Gasteiger partial charge is 0.271 e. The van der Waals surface area contributed by atoms with Gasteiger partial charge in [0.1, 0.15) is 23.0 Å². The first-order chi connectivity index (χ1) is 11.9. The van der Waals surface area contributed by atoms with E-state index in [1.807, 2.05) is 0 Å². The first kappa shape index (κ1) is 17.5. The minimum absolute atomic E-state index is 0.123. The van der Waals surface area contributed by atoms with E-state index in [2.05, 4.69) is 46.5 Å². The van der Waals surface area contributed by atoms with Crippen molar-refractivity contribution < 1.29 is 9.59 Å². The van der Waals surface area contributed by atoms with Crippen LogP contribution < -0.4 is 10.6 Å². The molecular formula is C16H19BrN6O2. The van der Waals surface area contributed by atoms with Crippen molar-refractivity contribution in [1.82, 2.24) is 30.6 Å². The van der Waals surface area contributed by atoms with Crippen LogP contribution in [0.2, 0.25) is 0 Å². The average molecular weight is 407 g/mol. The molecule has 9 heteroatoms. The molecule has 1 fully saturated rings. The van der Waals surface area contributed by atoms with E-state index in [0.717, 1.165) is 19.3 Å². The number of hydrogen-bond acceptors (Lipinski definition) is 5. The second-order valence-electron chi connectivity index (χ2n) is 6.09. The van der Waals surface area contributed by atoms with Gasteiger partial charge in [-0.2, -0.15) is 0 Å². The van der Waals surface area contributed by atoms with Gasteiger partial charge in [-0.1, -0.05) is 0 Å². The topological polar surface area (TPSA) is 113 Å². The maximum atomic E-state index is 12.5. The SMILES string of the molecule is Cc1ncc(Br)c(C(=O)N[C@H]2CCC[C@H]2NC(=O)c2cnc(C)[nH]2)n1. The lowest BCUT2D eigenvalue weighted by atomic mass is 10.1. The van der Waals surface area contributed by atoms with E-state index in [9.17, 15) is 9.59 Å². The van der Waals surface area contributed by atoms with Crippen molar-refractivity contribution in [2.45, 2.75) is 45.2 Å². The molecule has 0 saturated heterocycles. The normalized spacial score (nSPS) is 19.6. The van der Waals surface area contributed by atoms with Crippen LogP contribution in [0.5, 0.6) is 0 Å². The Bertz CT molecular complexity index is 806. The largest absolute Gasteiger partial charge is 0.346 e. The number of carbonyl (C=O) groups excluding carboxylic acids is 2. The van der Waals surface area contributed by atoms with Crippen molar-refractivity contribution in [1.29, 1.82) is 0 Å². The van der Waals surface area contributed by atoms with Crippen molar-refractivity contribution in [3.8, 4) is 0 Å². The minimum atomic E-state index is -0.277. The van der Waals surface area contributed by atoms with Crippen LogP contribution in [-0.2, 0) is 0 Å². The monoisotopic (exact) mass is 406 g/mol. The Balaban J connectivity index is 1.66. The number of carbonyl (C=O) groups is 2. The molecule has 8 nitrogen and oxygen atoms in total. The molecule has 0 aromatic carbocycles. The number of hydrogen-bond donors (Lipinski definition) is 3. The Hall–Kier alpha value is -2.29. The summed E-state index contributed by atoms with van der Waals surface area (Å²) in [6.45, 7) is 3.52. The van der Waals surface area contributed by atoms with Crippen LogP contribution >= 0.6 is 15.9 Å². The Morgan fingerprint density at radius 3 is 2.44 bits per heavy atom. The number of imidazole rings is 1. The molecule has 1 aliphatic rings. The highest BCUT2D eigenvalue weighted by molar-refractivity contribution is 9.10. The number of nitrogens with one attached hydrogen (secondary N) is 3. The van der Waals surface area contributed by atoms with Crippen LogP contribution in [0.25, 0.3) is 0 Å². The minimum Gasteiger partial charge on any atom is -0.346 e. The highest BCUT2D eigenvalue weighted by Crippen LogP contribution is 2.21. The third-order valence-electron chi connectivity index (χ3n) is 4.18. The average Bonchev–Trinajstić information content (AvgIpc) is 3.19. The molecule has 2 amide bonds. The number of halogens is 1. The van der Waals surface area contributed by atoms with E-state index in [0.29, 0.717) is 27.5 Å². The number of aryl methyl sites for hydroxylation is 2. The first-order valence-corrected chi connectivity index (χ1v) is 8.86. The van der Waals surface area contributed by atoms with Gasteiger partial charge in [-0.3, -0.25) is 9.59 Å². The predicted octanol–water partition coefficient (Wildman–Crippen LogP) is 1.66. The van der Waals surface area contributed by atoms with Gasteiger partial charge in [0.15, 0.2) is 0 Å². The summed E-state index contributed by atoms with van der Waals surface area (Å²) < 4.78 is 0.544. The molecular weight excluding hydrogens is 388 g/mol. The molecule has 2 aromatic rings. The lowest BCUT2D eigenvalue weighted by Crippen LogP contribution is -2.48. The molecule has 3 rings (SSSR count). The highest BCUT2D eigenvalue weighted by atomic mass is 79.9. The molecule has 2 aromatic heterocycles. The van der Waals surface area contributed by atoms with Crippen LogP contribution in [-0.4, -0.2) is 43.8 Å². The van der Waals surface area contributed by atoms with E-state index in [4.69, 9.17) is 0 Å². The quantitative estimate of drug-likeness (QED) is 0.714. The fraction of sp³-hybridized carbons (Fsp3) is 0.438. The first-order valence-electron chi connectivity index (χ1n) is 8.06. The maximum absolute atomic E-state index is 12.5. The fourth-order valence-corrected chi connectivity index (χ4v) is 3.31. The molecule has 0 spiro atoms. The van der Waals surface area contributed by atoms with Gasteiger partial charge in [0.05, 0.1) is 10.7 Å². The molecule has 1 saturated carbocycles. The van der Waals surface area contributed by atoms with E-state index in [-0.39, 0.29) is 23.9 Å². The van der Waals surface area contributed by atoms with E-state index in [1.54, 1.807) is 20.0 Å². The zero-order chi connectivity index (χ0) is 18.0. The summed E-state index contributed by atoms with van der Waals surface area (Å²) >= 11 is 3.30. The molecule has 0 radical (unpaired) electrons. The Kier molecular flexibility index (Phi) is 5.12. The number of H-pyrrole nitrogens is 1. The molecule has 3 N–H and O–H groups in total. The van der Waals surface area contributed by atoms with Crippen LogP contribution in [0, 0.1) is 13.8 Å². The Labute approximate surface area is 153 Å². The molecule has 1 aliphatic carbocycles. The van der Waals surface area contributed by atoms with E-state index in [1.165, 1.54) is 6.20 Å². The lowest BCUT2D eigenvalue weighted by molar-refractivity contribution is 0.0886. The van der Waals surface area contributed by atoms with Gasteiger partial charge in [0.2, 0.25) is 0 Å². The van der Waals surface area contributed by atoms with Crippen molar-refractivity contribution in [2.24, 2.45) is 0 Å². The van der Waals surface area contributed by atoms with Gasteiger partial charge >= 0.3 is 0 Å². The summed E-state index contributed by atoms with van der Waals surface area (Å²) in [5.74, 6) is 0.719. The zero-order valence-corrected chi connectivity index (χ0v) is 15.6. The fourth-order valence-electron chi connectivity index (χ4n) is 2.94. The molecule has 0 aliphatic heterocycles. The van der Waals surface area contributed by atoms with Crippen molar-refractivity contribution in [3.63, 3.8) is 0 Å². The third kappa shape index (κ3) is 4.04. The summed E-state index contributed by atoms with van der Waals surface area (Å²) in [5.41, 5.74) is 0.720. The lowest BCUT2D eigenvalue weighted by Gasteiger charge is -2.22.